The highest BCUT2D eigenvalue weighted by Crippen LogP contribution is 2.45. The molecule has 4 nitrogen and oxygen atoms in total. The standard InChI is InChI=1S/C60H38N4S/c1-4-16-41(17-5-1)51-37-52(42-18-6-2-7-19-42)62-59(61-51)46-33-29-44(30-34-46)57-48(35-36-56-58(57)50-24-12-13-26-55(50)65-56)40-27-31-45(32-28-40)60-63-53(43-20-8-3-9-21-43)38-54(64-60)49-25-14-22-39-15-10-11-23-47(39)49/h1-38H. The molecule has 0 radical (unpaired) electrons. The van der Waals surface area contributed by atoms with Crippen molar-refractivity contribution in [3.05, 3.63) is 231 Å². The Kier molecular flexibility index (Phi) is 9.66. The van der Waals surface area contributed by atoms with E-state index in [-0.39, 0.29) is 0 Å². The van der Waals surface area contributed by atoms with Crippen molar-refractivity contribution in [3.63, 3.8) is 0 Å². The fraction of sp³-hybridized carbons (Fsp3) is 0. The maximum absolute atomic E-state index is 5.24. The molecule has 0 aliphatic rings. The van der Waals surface area contributed by atoms with Gasteiger partial charge in [-0.15, -0.1) is 11.3 Å². The number of aromatic nitrogens is 4. The minimum atomic E-state index is 0.685. The van der Waals surface area contributed by atoms with E-state index in [4.69, 9.17) is 19.9 Å². The summed E-state index contributed by atoms with van der Waals surface area (Å²) in [6, 6.07) is 81.0. The molecule has 12 rings (SSSR count). The van der Waals surface area contributed by atoms with Gasteiger partial charge in [0.25, 0.3) is 0 Å². The number of fused-ring (bicyclic) bond motifs is 4. The van der Waals surface area contributed by atoms with Crippen LogP contribution >= 0.6 is 11.3 Å². The van der Waals surface area contributed by atoms with Crippen LogP contribution < -0.4 is 0 Å². The maximum atomic E-state index is 5.24. The summed E-state index contributed by atoms with van der Waals surface area (Å²) in [6.07, 6.45) is 0. The summed E-state index contributed by atoms with van der Waals surface area (Å²) >= 11 is 1.84. The van der Waals surface area contributed by atoms with Crippen molar-refractivity contribution in [2.45, 2.75) is 0 Å². The van der Waals surface area contributed by atoms with Gasteiger partial charge in [-0.1, -0.05) is 206 Å². The van der Waals surface area contributed by atoms with E-state index in [0.717, 1.165) is 78.2 Å². The van der Waals surface area contributed by atoms with Gasteiger partial charge in [0, 0.05) is 53.6 Å². The third-order valence-corrected chi connectivity index (χ3v) is 13.3. The molecule has 9 aromatic carbocycles. The second kappa shape index (κ2) is 16.4. The summed E-state index contributed by atoms with van der Waals surface area (Å²) in [7, 11) is 0. The lowest BCUT2D eigenvalue weighted by molar-refractivity contribution is 1.18. The van der Waals surface area contributed by atoms with E-state index in [2.05, 4.69) is 212 Å². The van der Waals surface area contributed by atoms with Crippen molar-refractivity contribution < 1.29 is 0 Å². The molecule has 0 aliphatic heterocycles. The van der Waals surface area contributed by atoms with Gasteiger partial charge in [0.05, 0.1) is 22.8 Å². The van der Waals surface area contributed by atoms with Crippen LogP contribution in [-0.2, 0) is 0 Å². The van der Waals surface area contributed by atoms with Gasteiger partial charge in [0.15, 0.2) is 11.6 Å². The van der Waals surface area contributed by atoms with E-state index in [1.165, 1.54) is 31.1 Å². The smallest absolute Gasteiger partial charge is 0.160 e. The lowest BCUT2D eigenvalue weighted by Gasteiger charge is -2.15. The number of thiophene rings is 1. The molecule has 0 fully saturated rings. The molecule has 0 spiro atoms. The summed E-state index contributed by atoms with van der Waals surface area (Å²) in [4.78, 5) is 20.7. The quantitative estimate of drug-likeness (QED) is 0.153. The highest BCUT2D eigenvalue weighted by Gasteiger charge is 2.19. The fourth-order valence-electron chi connectivity index (χ4n) is 8.95. The molecule has 0 aliphatic carbocycles. The summed E-state index contributed by atoms with van der Waals surface area (Å²) in [6.45, 7) is 0. The maximum Gasteiger partial charge on any atom is 0.160 e. The predicted molar refractivity (Wildman–Crippen MR) is 272 cm³/mol. The first-order chi connectivity index (χ1) is 32.2. The first-order valence-corrected chi connectivity index (χ1v) is 22.6. The van der Waals surface area contributed by atoms with Gasteiger partial charge in [-0.2, -0.15) is 0 Å². The summed E-state index contributed by atoms with van der Waals surface area (Å²) in [5, 5.41) is 4.85. The van der Waals surface area contributed by atoms with Crippen molar-refractivity contribution in [1.82, 2.24) is 19.9 Å². The predicted octanol–water partition coefficient (Wildman–Crippen LogP) is 16.1. The lowest BCUT2D eigenvalue weighted by Crippen LogP contribution is -1.96. The topological polar surface area (TPSA) is 51.6 Å². The minimum absolute atomic E-state index is 0.685. The molecular formula is C60H38N4S. The molecule has 0 unspecified atom stereocenters. The van der Waals surface area contributed by atoms with E-state index < -0.39 is 0 Å². The zero-order chi connectivity index (χ0) is 43.1. The average molecular weight is 847 g/mol. The van der Waals surface area contributed by atoms with E-state index in [1.807, 2.05) is 29.5 Å². The average Bonchev–Trinajstić information content (AvgIpc) is 3.78. The van der Waals surface area contributed by atoms with E-state index in [9.17, 15) is 0 Å². The second-order valence-corrected chi connectivity index (χ2v) is 17.2. The molecule has 5 heteroatoms. The SMILES string of the molecule is c1ccc(-c2cc(-c3ccccc3)nc(-c3ccc(-c4c(-c5ccc(-c6nc(-c7ccccc7)cc(-c7cccc8ccccc78)n6)cc5)ccc5sc6ccccc6c45)cc3)n2)cc1. The summed E-state index contributed by atoms with van der Waals surface area (Å²) in [5.74, 6) is 1.37. The first-order valence-electron chi connectivity index (χ1n) is 21.8. The molecule has 0 saturated carbocycles. The molecule has 65 heavy (non-hydrogen) atoms. The van der Waals surface area contributed by atoms with Gasteiger partial charge in [0.1, 0.15) is 0 Å². The van der Waals surface area contributed by atoms with Crippen LogP contribution in [-0.4, -0.2) is 19.9 Å². The van der Waals surface area contributed by atoms with Gasteiger partial charge in [-0.3, -0.25) is 0 Å². The van der Waals surface area contributed by atoms with Crippen LogP contribution in [0.25, 0.3) is 121 Å². The number of benzene rings is 9. The summed E-state index contributed by atoms with van der Waals surface area (Å²) in [5.41, 5.74) is 14.3. The van der Waals surface area contributed by atoms with Crippen molar-refractivity contribution in [3.8, 4) is 90.1 Å². The van der Waals surface area contributed by atoms with Crippen molar-refractivity contribution >= 4 is 42.3 Å². The molecule has 0 amide bonds. The van der Waals surface area contributed by atoms with E-state index in [0.29, 0.717) is 11.6 Å². The minimum Gasteiger partial charge on any atom is -0.228 e. The molecular weight excluding hydrogens is 809 g/mol. The number of nitrogens with zero attached hydrogens (tertiary/aromatic N) is 4. The Hall–Kier alpha value is -8.38. The van der Waals surface area contributed by atoms with Crippen LogP contribution in [0, 0.1) is 0 Å². The second-order valence-electron chi connectivity index (χ2n) is 16.2. The van der Waals surface area contributed by atoms with Gasteiger partial charge < -0.3 is 0 Å². The van der Waals surface area contributed by atoms with Gasteiger partial charge in [-0.05, 0) is 57.3 Å². The summed E-state index contributed by atoms with van der Waals surface area (Å²) < 4.78 is 2.52. The Morgan fingerprint density at radius 3 is 1.34 bits per heavy atom. The highest BCUT2D eigenvalue weighted by atomic mass is 32.1. The zero-order valence-corrected chi connectivity index (χ0v) is 36.0. The fourth-order valence-corrected chi connectivity index (χ4v) is 10.1. The Balaban J connectivity index is 0.973. The molecule has 0 atom stereocenters. The largest absolute Gasteiger partial charge is 0.228 e. The van der Waals surface area contributed by atoms with Crippen molar-refractivity contribution in [2.75, 3.05) is 0 Å². The number of rotatable bonds is 8. The first kappa shape index (κ1) is 38.3. The zero-order valence-electron chi connectivity index (χ0n) is 35.1. The Morgan fingerprint density at radius 2 is 0.738 bits per heavy atom. The van der Waals surface area contributed by atoms with Crippen LogP contribution in [0.5, 0.6) is 0 Å². The Morgan fingerprint density at radius 1 is 0.277 bits per heavy atom. The van der Waals surface area contributed by atoms with Crippen LogP contribution in [0.1, 0.15) is 0 Å². The Labute approximate surface area is 380 Å². The van der Waals surface area contributed by atoms with Crippen molar-refractivity contribution in [2.24, 2.45) is 0 Å². The molecule has 3 heterocycles. The van der Waals surface area contributed by atoms with E-state index >= 15 is 0 Å². The normalized spacial score (nSPS) is 11.4. The highest BCUT2D eigenvalue weighted by molar-refractivity contribution is 7.26. The third-order valence-electron chi connectivity index (χ3n) is 12.2. The molecule has 0 bridgehead atoms. The monoisotopic (exact) mass is 846 g/mol. The Bertz CT molecular complexity index is 3620. The lowest BCUT2D eigenvalue weighted by atomic mass is 9.90. The van der Waals surface area contributed by atoms with E-state index in [1.54, 1.807) is 0 Å². The molecule has 12 aromatic rings. The van der Waals surface area contributed by atoms with Crippen LogP contribution in [0.15, 0.2) is 231 Å². The van der Waals surface area contributed by atoms with Crippen molar-refractivity contribution in [1.29, 1.82) is 0 Å². The molecule has 3 aromatic heterocycles. The van der Waals surface area contributed by atoms with Gasteiger partial charge >= 0.3 is 0 Å². The van der Waals surface area contributed by atoms with Crippen LogP contribution in [0.4, 0.5) is 0 Å². The molecule has 0 saturated heterocycles. The van der Waals surface area contributed by atoms with Gasteiger partial charge in [-0.25, -0.2) is 19.9 Å². The molecule has 0 N–H and O–H groups in total. The number of hydrogen-bond donors (Lipinski definition) is 0. The molecule has 304 valence electrons. The van der Waals surface area contributed by atoms with Crippen LogP contribution in [0.2, 0.25) is 0 Å². The van der Waals surface area contributed by atoms with Crippen LogP contribution in [0.3, 0.4) is 0 Å². The number of hydrogen-bond acceptors (Lipinski definition) is 5. The third kappa shape index (κ3) is 7.24. The van der Waals surface area contributed by atoms with Gasteiger partial charge in [0.2, 0.25) is 0 Å².